The van der Waals surface area contributed by atoms with Gasteiger partial charge in [0.25, 0.3) is 0 Å². The van der Waals surface area contributed by atoms with Gasteiger partial charge in [-0.3, -0.25) is 0 Å². The van der Waals surface area contributed by atoms with Crippen molar-refractivity contribution in [3.8, 4) is 6.07 Å². The third-order valence-corrected chi connectivity index (χ3v) is 4.26. The van der Waals surface area contributed by atoms with Gasteiger partial charge >= 0.3 is 0 Å². The van der Waals surface area contributed by atoms with Gasteiger partial charge in [0.05, 0.1) is 5.56 Å². The zero-order valence-electron chi connectivity index (χ0n) is 12.5. The molecule has 1 atom stereocenters. The molecule has 4 heteroatoms. The van der Waals surface area contributed by atoms with Gasteiger partial charge in [-0.05, 0) is 45.0 Å². The summed E-state index contributed by atoms with van der Waals surface area (Å²) in [6.07, 6.45) is 8.44. The number of nitrogens with one attached hydrogen (secondary N) is 1. The van der Waals surface area contributed by atoms with E-state index in [1.807, 2.05) is 0 Å². The lowest BCUT2D eigenvalue weighted by molar-refractivity contribution is 0.179. The van der Waals surface area contributed by atoms with Crippen molar-refractivity contribution in [1.29, 1.82) is 5.26 Å². The minimum atomic E-state index is 0.504. The van der Waals surface area contributed by atoms with Crippen LogP contribution < -0.4 is 5.32 Å². The second-order valence-electron chi connectivity index (χ2n) is 5.82. The molecule has 1 N–H and O–H groups in total. The molecule has 108 valence electrons. The summed E-state index contributed by atoms with van der Waals surface area (Å²) in [5.41, 5.74) is 0.619. The van der Waals surface area contributed by atoms with E-state index in [1.54, 1.807) is 18.3 Å². The van der Waals surface area contributed by atoms with Crippen LogP contribution in [0.5, 0.6) is 0 Å². The zero-order valence-corrected chi connectivity index (χ0v) is 12.5. The first-order chi connectivity index (χ1) is 9.72. The molecule has 1 unspecified atom stereocenters. The fourth-order valence-corrected chi connectivity index (χ4v) is 3.13. The Bertz CT molecular complexity index is 458. The molecule has 1 aromatic heterocycles. The summed E-state index contributed by atoms with van der Waals surface area (Å²) in [5, 5.41) is 12.5. The summed E-state index contributed by atoms with van der Waals surface area (Å²) in [4.78, 5) is 6.58. The maximum atomic E-state index is 9.10. The fraction of sp³-hybridized carbons (Fsp3) is 0.625. The highest BCUT2D eigenvalue weighted by molar-refractivity contribution is 5.51. The van der Waals surface area contributed by atoms with Crippen molar-refractivity contribution in [2.75, 3.05) is 26.0 Å². The first-order valence-corrected chi connectivity index (χ1v) is 7.48. The Balaban J connectivity index is 2.00. The van der Waals surface area contributed by atoms with Gasteiger partial charge in [-0.2, -0.15) is 5.26 Å². The number of nitriles is 1. The zero-order chi connectivity index (χ0) is 14.4. The molecule has 0 aliphatic heterocycles. The lowest BCUT2D eigenvalue weighted by Crippen LogP contribution is -2.41. The molecule has 1 aliphatic carbocycles. The highest BCUT2D eigenvalue weighted by atomic mass is 15.1. The summed E-state index contributed by atoms with van der Waals surface area (Å²) in [5.74, 6) is 1.46. The van der Waals surface area contributed by atoms with E-state index in [9.17, 15) is 0 Å². The first kappa shape index (κ1) is 14.8. The van der Waals surface area contributed by atoms with Crippen molar-refractivity contribution >= 4 is 5.82 Å². The van der Waals surface area contributed by atoms with Gasteiger partial charge in [-0.1, -0.05) is 19.3 Å². The highest BCUT2D eigenvalue weighted by Crippen LogP contribution is 2.28. The van der Waals surface area contributed by atoms with E-state index in [0.29, 0.717) is 17.4 Å². The Morgan fingerprint density at radius 3 is 2.80 bits per heavy atom. The standard InChI is InChI=1S/C16H24N4/c1-20(2)15(13-7-4-3-5-8-13)12-19-16-14(11-17)9-6-10-18-16/h6,9-10,13,15H,3-5,7-8,12H2,1-2H3,(H,18,19). The van der Waals surface area contributed by atoms with Crippen LogP contribution in [0, 0.1) is 17.2 Å². The molecule has 4 nitrogen and oxygen atoms in total. The quantitative estimate of drug-likeness (QED) is 0.895. The molecule has 1 aliphatic rings. The predicted molar refractivity (Wildman–Crippen MR) is 81.5 cm³/mol. The molecule has 0 amide bonds. The van der Waals surface area contributed by atoms with E-state index in [0.717, 1.165) is 12.5 Å². The van der Waals surface area contributed by atoms with Gasteiger partial charge < -0.3 is 10.2 Å². The second-order valence-corrected chi connectivity index (χ2v) is 5.82. The van der Waals surface area contributed by atoms with Crippen molar-refractivity contribution in [3.05, 3.63) is 23.9 Å². The van der Waals surface area contributed by atoms with Gasteiger partial charge in [0, 0.05) is 18.8 Å². The number of pyridine rings is 1. The van der Waals surface area contributed by atoms with Crippen molar-refractivity contribution in [3.63, 3.8) is 0 Å². The molecule has 1 aromatic rings. The van der Waals surface area contributed by atoms with Crippen LogP contribution in [0.15, 0.2) is 18.3 Å². The van der Waals surface area contributed by atoms with E-state index in [-0.39, 0.29) is 0 Å². The minimum absolute atomic E-state index is 0.504. The number of rotatable bonds is 5. The molecule has 2 rings (SSSR count). The average molecular weight is 272 g/mol. The summed E-state index contributed by atoms with van der Waals surface area (Å²) in [7, 11) is 4.29. The smallest absolute Gasteiger partial charge is 0.143 e. The Labute approximate surface area is 121 Å². The van der Waals surface area contributed by atoms with Crippen LogP contribution in [0.2, 0.25) is 0 Å². The summed E-state index contributed by atoms with van der Waals surface area (Å²) < 4.78 is 0. The summed E-state index contributed by atoms with van der Waals surface area (Å²) in [6.45, 7) is 0.851. The van der Waals surface area contributed by atoms with Gasteiger partial charge in [0.1, 0.15) is 11.9 Å². The normalized spacial score (nSPS) is 17.7. The topological polar surface area (TPSA) is 52.0 Å². The first-order valence-electron chi connectivity index (χ1n) is 7.48. The van der Waals surface area contributed by atoms with Gasteiger partial charge in [-0.15, -0.1) is 0 Å². The summed E-state index contributed by atoms with van der Waals surface area (Å²) in [6, 6.07) is 6.30. The Hall–Kier alpha value is -1.60. The number of likely N-dealkylation sites (N-methyl/N-ethyl adjacent to an activating group) is 1. The van der Waals surface area contributed by atoms with Crippen LogP contribution in [0.3, 0.4) is 0 Å². The molecular weight excluding hydrogens is 248 g/mol. The van der Waals surface area contributed by atoms with Crippen LogP contribution in [0.1, 0.15) is 37.7 Å². The number of anilines is 1. The third-order valence-electron chi connectivity index (χ3n) is 4.26. The molecule has 0 bridgehead atoms. The highest BCUT2D eigenvalue weighted by Gasteiger charge is 2.25. The van der Waals surface area contributed by atoms with Crippen molar-refractivity contribution < 1.29 is 0 Å². The lowest BCUT2D eigenvalue weighted by atomic mass is 9.83. The fourth-order valence-electron chi connectivity index (χ4n) is 3.13. The molecule has 1 saturated carbocycles. The molecule has 20 heavy (non-hydrogen) atoms. The molecule has 0 saturated heterocycles. The Morgan fingerprint density at radius 2 is 2.15 bits per heavy atom. The van der Waals surface area contributed by atoms with E-state index in [2.05, 4.69) is 35.4 Å². The van der Waals surface area contributed by atoms with Crippen LogP contribution in [-0.4, -0.2) is 36.6 Å². The number of hydrogen-bond donors (Lipinski definition) is 1. The lowest BCUT2D eigenvalue weighted by Gasteiger charge is -2.35. The Morgan fingerprint density at radius 1 is 1.40 bits per heavy atom. The van der Waals surface area contributed by atoms with Crippen LogP contribution in [0.4, 0.5) is 5.82 Å². The largest absolute Gasteiger partial charge is 0.367 e. The van der Waals surface area contributed by atoms with E-state index in [1.165, 1.54) is 32.1 Å². The number of aromatic nitrogens is 1. The number of nitrogens with zero attached hydrogens (tertiary/aromatic N) is 3. The molecule has 1 fully saturated rings. The van der Waals surface area contributed by atoms with Gasteiger partial charge in [0.15, 0.2) is 0 Å². The van der Waals surface area contributed by atoms with Crippen molar-refractivity contribution in [2.45, 2.75) is 38.1 Å². The minimum Gasteiger partial charge on any atom is -0.367 e. The van der Waals surface area contributed by atoms with E-state index in [4.69, 9.17) is 5.26 Å². The van der Waals surface area contributed by atoms with Crippen molar-refractivity contribution in [1.82, 2.24) is 9.88 Å². The molecule has 0 radical (unpaired) electrons. The van der Waals surface area contributed by atoms with E-state index >= 15 is 0 Å². The van der Waals surface area contributed by atoms with Crippen LogP contribution in [-0.2, 0) is 0 Å². The molecule has 1 heterocycles. The third kappa shape index (κ3) is 3.71. The van der Waals surface area contributed by atoms with Gasteiger partial charge in [-0.25, -0.2) is 4.98 Å². The van der Waals surface area contributed by atoms with Crippen LogP contribution in [0.25, 0.3) is 0 Å². The summed E-state index contributed by atoms with van der Waals surface area (Å²) >= 11 is 0. The number of hydrogen-bond acceptors (Lipinski definition) is 4. The average Bonchev–Trinajstić information content (AvgIpc) is 2.48. The SMILES string of the molecule is CN(C)C(CNc1ncccc1C#N)C1CCCCC1. The molecular formula is C16H24N4. The maximum absolute atomic E-state index is 9.10. The maximum Gasteiger partial charge on any atom is 0.143 e. The van der Waals surface area contributed by atoms with Crippen LogP contribution >= 0.6 is 0 Å². The van der Waals surface area contributed by atoms with E-state index < -0.39 is 0 Å². The van der Waals surface area contributed by atoms with Gasteiger partial charge in [0.2, 0.25) is 0 Å². The van der Waals surface area contributed by atoms with Crippen molar-refractivity contribution in [2.24, 2.45) is 5.92 Å². The molecule has 0 spiro atoms. The second kappa shape index (κ2) is 7.25. The molecule has 0 aromatic carbocycles. The predicted octanol–water partition coefficient (Wildman–Crippen LogP) is 2.88. The monoisotopic (exact) mass is 272 g/mol. The Kier molecular flexibility index (Phi) is 5.37.